The predicted octanol–water partition coefficient (Wildman–Crippen LogP) is 0.985. The molecule has 1 aromatic rings. The molecule has 1 heterocycles. The van der Waals surface area contributed by atoms with Crippen LogP contribution in [0.25, 0.3) is 0 Å². The van der Waals surface area contributed by atoms with Crippen molar-refractivity contribution in [3.63, 3.8) is 0 Å². The zero-order valence-corrected chi connectivity index (χ0v) is 10.3. The minimum absolute atomic E-state index is 0.0162. The van der Waals surface area contributed by atoms with Gasteiger partial charge in [0.15, 0.2) is 4.34 Å². The van der Waals surface area contributed by atoms with Crippen LogP contribution in [0.5, 0.6) is 0 Å². The van der Waals surface area contributed by atoms with E-state index >= 15 is 0 Å². The average molecular weight is 246 g/mol. The molecule has 0 spiro atoms. The van der Waals surface area contributed by atoms with Gasteiger partial charge < -0.3 is 11.1 Å². The van der Waals surface area contributed by atoms with Gasteiger partial charge in [-0.15, -0.1) is 10.2 Å². The Morgan fingerprint density at radius 3 is 2.87 bits per heavy atom. The summed E-state index contributed by atoms with van der Waals surface area (Å²) in [6.07, 6.45) is 0. The number of aromatic nitrogens is 2. The highest BCUT2D eigenvalue weighted by Gasteiger charge is 2.06. The monoisotopic (exact) mass is 246 g/mol. The van der Waals surface area contributed by atoms with Crippen molar-refractivity contribution in [1.82, 2.24) is 15.5 Å². The first-order valence-corrected chi connectivity index (χ1v) is 6.36. The first kappa shape index (κ1) is 12.3. The second-order valence-electron chi connectivity index (χ2n) is 3.39. The first-order valence-electron chi connectivity index (χ1n) is 4.56. The van der Waals surface area contributed by atoms with E-state index in [2.05, 4.69) is 29.4 Å². The predicted molar refractivity (Wildman–Crippen MR) is 62.9 cm³/mol. The number of thioether (sulfide) groups is 1. The number of rotatable bonds is 5. The van der Waals surface area contributed by atoms with Crippen LogP contribution < -0.4 is 11.1 Å². The topological polar surface area (TPSA) is 80.9 Å². The zero-order valence-electron chi connectivity index (χ0n) is 8.69. The maximum atomic E-state index is 11.3. The molecule has 1 rings (SSSR count). The molecule has 0 radical (unpaired) electrons. The van der Waals surface area contributed by atoms with E-state index in [1.165, 1.54) is 23.1 Å². The molecule has 0 aliphatic carbocycles. The summed E-state index contributed by atoms with van der Waals surface area (Å²) in [5.74, 6) is 0.847. The molecule has 15 heavy (non-hydrogen) atoms. The summed E-state index contributed by atoms with van der Waals surface area (Å²) in [5.41, 5.74) is 5.41. The largest absolute Gasteiger partial charge is 0.374 e. The lowest BCUT2D eigenvalue weighted by molar-refractivity contribution is -0.118. The van der Waals surface area contributed by atoms with E-state index in [0.29, 0.717) is 23.3 Å². The minimum atomic E-state index is 0.0162. The van der Waals surface area contributed by atoms with Gasteiger partial charge in [0, 0.05) is 6.54 Å². The van der Waals surface area contributed by atoms with Crippen molar-refractivity contribution in [3.05, 3.63) is 0 Å². The highest BCUT2D eigenvalue weighted by Crippen LogP contribution is 2.22. The van der Waals surface area contributed by atoms with Gasteiger partial charge in [-0.2, -0.15) is 0 Å². The number of nitrogens with zero attached hydrogens (tertiary/aromatic N) is 2. The number of hydrogen-bond acceptors (Lipinski definition) is 6. The quantitative estimate of drug-likeness (QED) is 0.757. The number of nitrogen functional groups attached to an aromatic ring is 1. The number of nitrogens with two attached hydrogens (primary N) is 1. The van der Waals surface area contributed by atoms with Gasteiger partial charge in [0.1, 0.15) is 0 Å². The molecular formula is C8H14N4OS2. The third-order valence-electron chi connectivity index (χ3n) is 1.46. The van der Waals surface area contributed by atoms with E-state index in [1.54, 1.807) is 0 Å². The number of carbonyl (C=O) groups is 1. The van der Waals surface area contributed by atoms with Crippen molar-refractivity contribution in [3.8, 4) is 0 Å². The normalized spacial score (nSPS) is 10.6. The lowest BCUT2D eigenvalue weighted by Crippen LogP contribution is -2.28. The van der Waals surface area contributed by atoms with Crippen molar-refractivity contribution < 1.29 is 4.79 Å². The SMILES string of the molecule is CC(C)CNC(=O)CSc1nnc(N)s1. The Morgan fingerprint density at radius 1 is 1.60 bits per heavy atom. The second kappa shape index (κ2) is 5.92. The van der Waals surface area contributed by atoms with Crippen LogP contribution in [0, 0.1) is 5.92 Å². The lowest BCUT2D eigenvalue weighted by atomic mass is 10.2. The van der Waals surface area contributed by atoms with Crippen molar-refractivity contribution in [2.45, 2.75) is 18.2 Å². The van der Waals surface area contributed by atoms with Crippen molar-refractivity contribution in [1.29, 1.82) is 0 Å². The summed E-state index contributed by atoms with van der Waals surface area (Å²) >= 11 is 2.65. The minimum Gasteiger partial charge on any atom is -0.374 e. The number of hydrogen-bond donors (Lipinski definition) is 2. The molecule has 0 unspecified atom stereocenters. The van der Waals surface area contributed by atoms with Crippen LogP contribution in [0.4, 0.5) is 5.13 Å². The average Bonchev–Trinajstić information content (AvgIpc) is 2.58. The Bertz CT molecular complexity index is 326. The maximum absolute atomic E-state index is 11.3. The summed E-state index contributed by atoms with van der Waals surface area (Å²) in [5, 5.41) is 10.7. The Hall–Kier alpha value is -0.820. The van der Waals surface area contributed by atoms with Crippen LogP contribution in [0.1, 0.15) is 13.8 Å². The summed E-state index contributed by atoms with van der Waals surface area (Å²) in [6.45, 7) is 4.81. The highest BCUT2D eigenvalue weighted by molar-refractivity contribution is 8.01. The number of nitrogens with one attached hydrogen (secondary N) is 1. The maximum Gasteiger partial charge on any atom is 0.230 e. The molecule has 0 aliphatic rings. The van der Waals surface area contributed by atoms with Crippen molar-refractivity contribution in [2.24, 2.45) is 5.92 Å². The van der Waals surface area contributed by atoms with E-state index in [4.69, 9.17) is 5.73 Å². The molecule has 1 aromatic heterocycles. The Kier molecular flexibility index (Phi) is 4.83. The Morgan fingerprint density at radius 2 is 2.33 bits per heavy atom. The molecule has 0 aromatic carbocycles. The van der Waals surface area contributed by atoms with Crippen LogP contribution >= 0.6 is 23.1 Å². The van der Waals surface area contributed by atoms with Crippen LogP contribution in [0.15, 0.2) is 4.34 Å². The molecule has 0 aliphatic heterocycles. The van der Waals surface area contributed by atoms with Crippen LogP contribution in [-0.2, 0) is 4.79 Å². The third kappa shape index (κ3) is 4.98. The summed E-state index contributed by atoms with van der Waals surface area (Å²) < 4.78 is 0.729. The van der Waals surface area contributed by atoms with Gasteiger partial charge in [-0.3, -0.25) is 4.79 Å². The van der Waals surface area contributed by atoms with E-state index in [1.807, 2.05) is 0 Å². The van der Waals surface area contributed by atoms with Gasteiger partial charge >= 0.3 is 0 Å². The standard InChI is InChI=1S/C8H14N4OS2/c1-5(2)3-10-6(13)4-14-8-12-11-7(9)15-8/h5H,3-4H2,1-2H3,(H2,9,11)(H,10,13). The van der Waals surface area contributed by atoms with Gasteiger partial charge in [0.2, 0.25) is 11.0 Å². The Labute approximate surface area is 96.8 Å². The molecule has 0 saturated heterocycles. The van der Waals surface area contributed by atoms with Crippen LogP contribution in [-0.4, -0.2) is 28.4 Å². The zero-order chi connectivity index (χ0) is 11.3. The molecule has 0 bridgehead atoms. The smallest absolute Gasteiger partial charge is 0.230 e. The first-order chi connectivity index (χ1) is 7.08. The fourth-order valence-electron chi connectivity index (χ4n) is 0.775. The van der Waals surface area contributed by atoms with E-state index in [0.717, 1.165) is 4.34 Å². The van der Waals surface area contributed by atoms with Crippen LogP contribution in [0.2, 0.25) is 0 Å². The van der Waals surface area contributed by atoms with Crippen molar-refractivity contribution >= 4 is 34.1 Å². The Balaban J connectivity index is 2.22. The third-order valence-corrected chi connectivity index (χ3v) is 3.34. The van der Waals surface area contributed by atoms with E-state index in [9.17, 15) is 4.79 Å². The molecule has 0 atom stereocenters. The molecular weight excluding hydrogens is 232 g/mol. The van der Waals surface area contributed by atoms with Gasteiger partial charge in [0.25, 0.3) is 0 Å². The summed E-state index contributed by atoms with van der Waals surface area (Å²) in [6, 6.07) is 0. The molecule has 5 nitrogen and oxygen atoms in total. The summed E-state index contributed by atoms with van der Waals surface area (Å²) in [7, 11) is 0. The van der Waals surface area contributed by atoms with Gasteiger partial charge in [-0.05, 0) is 5.92 Å². The second-order valence-corrected chi connectivity index (χ2v) is 5.62. The lowest BCUT2D eigenvalue weighted by Gasteiger charge is -2.05. The van der Waals surface area contributed by atoms with Gasteiger partial charge in [-0.25, -0.2) is 0 Å². The van der Waals surface area contributed by atoms with E-state index < -0.39 is 0 Å². The fourth-order valence-corrected chi connectivity index (χ4v) is 2.24. The molecule has 84 valence electrons. The number of amides is 1. The number of anilines is 1. The molecule has 0 saturated carbocycles. The molecule has 0 fully saturated rings. The number of carbonyl (C=O) groups excluding carboxylic acids is 1. The van der Waals surface area contributed by atoms with E-state index in [-0.39, 0.29) is 5.91 Å². The summed E-state index contributed by atoms with van der Waals surface area (Å²) in [4.78, 5) is 11.3. The molecule has 3 N–H and O–H groups in total. The van der Waals surface area contributed by atoms with Crippen molar-refractivity contribution in [2.75, 3.05) is 18.0 Å². The highest BCUT2D eigenvalue weighted by atomic mass is 32.2. The fraction of sp³-hybridized carbons (Fsp3) is 0.625. The van der Waals surface area contributed by atoms with Gasteiger partial charge in [0.05, 0.1) is 5.75 Å². The van der Waals surface area contributed by atoms with Gasteiger partial charge in [-0.1, -0.05) is 36.9 Å². The molecule has 1 amide bonds. The molecule has 7 heteroatoms. The van der Waals surface area contributed by atoms with Crippen LogP contribution in [0.3, 0.4) is 0 Å².